The third-order valence-electron chi connectivity index (χ3n) is 7.24. The number of hydrogen-bond donors (Lipinski definition) is 2. The number of benzene rings is 1. The van der Waals surface area contributed by atoms with Crippen molar-refractivity contribution in [2.24, 2.45) is 5.92 Å². The zero-order valence-corrected chi connectivity index (χ0v) is 21.6. The summed E-state index contributed by atoms with van der Waals surface area (Å²) in [6.45, 7) is 5.72. The SMILES string of the molecule is CCCCN(CCCO)C(=O)CN1CC(c2ccc3c(c2)OCO3)C(C(=O)O)C1CCc1ncc(C)o1. The number of oxazole rings is 1. The Morgan fingerprint density at radius 2 is 1.97 bits per heavy atom. The number of aromatic nitrogens is 1. The van der Waals surface area contributed by atoms with E-state index in [2.05, 4.69) is 11.9 Å². The fourth-order valence-corrected chi connectivity index (χ4v) is 5.37. The van der Waals surface area contributed by atoms with E-state index in [9.17, 15) is 19.8 Å². The largest absolute Gasteiger partial charge is 0.481 e. The van der Waals surface area contributed by atoms with Gasteiger partial charge >= 0.3 is 5.97 Å². The minimum atomic E-state index is -0.894. The number of carboxylic acid groups (broad SMARTS) is 1. The van der Waals surface area contributed by atoms with E-state index in [1.807, 2.05) is 30.0 Å². The number of aliphatic hydroxyl groups excluding tert-OH is 1. The molecule has 0 bridgehead atoms. The number of nitrogens with zero attached hydrogens (tertiary/aromatic N) is 3. The minimum absolute atomic E-state index is 0.0189. The summed E-state index contributed by atoms with van der Waals surface area (Å²) in [4.78, 5) is 34.1. The van der Waals surface area contributed by atoms with Gasteiger partial charge in [-0.3, -0.25) is 14.5 Å². The Morgan fingerprint density at radius 1 is 1.19 bits per heavy atom. The van der Waals surface area contributed by atoms with E-state index in [4.69, 9.17) is 13.9 Å². The van der Waals surface area contributed by atoms with E-state index in [0.717, 1.165) is 18.4 Å². The molecule has 202 valence electrons. The molecule has 3 atom stereocenters. The topological polar surface area (TPSA) is 126 Å². The quantitative estimate of drug-likeness (QED) is 0.414. The molecule has 10 nitrogen and oxygen atoms in total. The van der Waals surface area contributed by atoms with E-state index in [-0.39, 0.29) is 37.8 Å². The summed E-state index contributed by atoms with van der Waals surface area (Å²) in [5.74, 6) is 0.542. The lowest BCUT2D eigenvalue weighted by molar-refractivity contribution is -0.144. The van der Waals surface area contributed by atoms with Crippen molar-refractivity contribution < 1.29 is 33.7 Å². The molecule has 3 heterocycles. The molecular formula is C27H37N3O7. The van der Waals surface area contributed by atoms with Gasteiger partial charge in [-0.15, -0.1) is 0 Å². The van der Waals surface area contributed by atoms with Crippen LogP contribution in [0, 0.1) is 12.8 Å². The van der Waals surface area contributed by atoms with Crippen molar-refractivity contribution in [3.8, 4) is 11.5 Å². The van der Waals surface area contributed by atoms with E-state index in [1.54, 1.807) is 11.1 Å². The highest BCUT2D eigenvalue weighted by Gasteiger charge is 2.47. The molecule has 0 aliphatic carbocycles. The van der Waals surface area contributed by atoms with Gasteiger partial charge in [0.2, 0.25) is 12.7 Å². The number of unbranched alkanes of at least 4 members (excludes halogenated alkanes) is 1. The lowest BCUT2D eigenvalue weighted by Crippen LogP contribution is -2.45. The van der Waals surface area contributed by atoms with Gasteiger partial charge in [0.15, 0.2) is 17.4 Å². The van der Waals surface area contributed by atoms with Crippen molar-refractivity contribution in [1.82, 2.24) is 14.8 Å². The summed E-state index contributed by atoms with van der Waals surface area (Å²) in [6.07, 6.45) is 4.98. The first-order valence-electron chi connectivity index (χ1n) is 13.1. The first kappa shape index (κ1) is 26.9. The van der Waals surface area contributed by atoms with Gasteiger partial charge in [-0.2, -0.15) is 0 Å². The highest BCUT2D eigenvalue weighted by atomic mass is 16.7. The van der Waals surface area contributed by atoms with Crippen LogP contribution in [0.15, 0.2) is 28.8 Å². The van der Waals surface area contributed by atoms with Crippen LogP contribution >= 0.6 is 0 Å². The van der Waals surface area contributed by atoms with Crippen LogP contribution in [0.25, 0.3) is 0 Å². The molecule has 0 saturated carbocycles. The molecule has 2 aliphatic rings. The monoisotopic (exact) mass is 515 g/mol. The number of carboxylic acids is 1. The van der Waals surface area contributed by atoms with Gasteiger partial charge in [0, 0.05) is 44.6 Å². The zero-order chi connectivity index (χ0) is 26.4. The maximum Gasteiger partial charge on any atom is 0.308 e. The fourth-order valence-electron chi connectivity index (χ4n) is 5.37. The summed E-state index contributed by atoms with van der Waals surface area (Å²) < 4.78 is 16.6. The highest BCUT2D eigenvalue weighted by molar-refractivity contribution is 5.79. The summed E-state index contributed by atoms with van der Waals surface area (Å²) in [6, 6.07) is 5.19. The Bertz CT molecular complexity index is 1060. The molecule has 1 amide bonds. The van der Waals surface area contributed by atoms with E-state index >= 15 is 0 Å². The Morgan fingerprint density at radius 3 is 2.68 bits per heavy atom. The lowest BCUT2D eigenvalue weighted by atomic mass is 9.83. The Labute approximate surface area is 217 Å². The molecule has 2 aliphatic heterocycles. The number of amides is 1. The van der Waals surface area contributed by atoms with Gasteiger partial charge < -0.3 is 29.0 Å². The number of fused-ring (bicyclic) bond motifs is 1. The number of rotatable bonds is 13. The van der Waals surface area contributed by atoms with Gasteiger partial charge in [-0.05, 0) is 43.9 Å². The van der Waals surface area contributed by atoms with Crippen LogP contribution in [0.5, 0.6) is 11.5 Å². The molecule has 0 spiro atoms. The molecule has 1 aromatic heterocycles. The molecule has 1 aromatic carbocycles. The summed E-state index contributed by atoms with van der Waals surface area (Å²) >= 11 is 0. The first-order chi connectivity index (χ1) is 17.9. The van der Waals surface area contributed by atoms with Crippen LogP contribution in [0.4, 0.5) is 0 Å². The average Bonchev–Trinajstić information content (AvgIpc) is 3.60. The standard InChI is InChI=1S/C27H37N3O7/c1-3-4-10-29(11-5-12-31)25(32)16-30-15-20(19-6-8-22-23(13-19)36-17-35-22)26(27(33)34)21(30)7-9-24-28-14-18(2)37-24/h6,8,13-14,20-21,26,31H,3-5,7,9-12,15-17H2,1-2H3,(H,33,34). The molecule has 2 N–H and O–H groups in total. The van der Waals surface area contributed by atoms with Crippen LogP contribution in [0.3, 0.4) is 0 Å². The van der Waals surface area contributed by atoms with Crippen molar-refractivity contribution in [3.05, 3.63) is 41.6 Å². The number of aliphatic hydroxyl groups is 1. The number of likely N-dealkylation sites (tertiary alicyclic amines) is 1. The summed E-state index contributed by atoms with van der Waals surface area (Å²) in [5.41, 5.74) is 0.853. The molecule has 2 aromatic rings. The molecule has 4 rings (SSSR count). The first-order valence-corrected chi connectivity index (χ1v) is 13.1. The van der Waals surface area contributed by atoms with Crippen LogP contribution < -0.4 is 9.47 Å². The van der Waals surface area contributed by atoms with Gasteiger partial charge in [0.25, 0.3) is 0 Å². The molecule has 10 heteroatoms. The van der Waals surface area contributed by atoms with Crippen molar-refractivity contribution in [1.29, 1.82) is 0 Å². The van der Waals surface area contributed by atoms with Gasteiger partial charge in [0.05, 0.1) is 18.7 Å². The Kier molecular flexibility index (Phi) is 9.04. The smallest absolute Gasteiger partial charge is 0.308 e. The third-order valence-corrected chi connectivity index (χ3v) is 7.24. The highest BCUT2D eigenvalue weighted by Crippen LogP contribution is 2.43. The lowest BCUT2D eigenvalue weighted by Gasteiger charge is -2.29. The van der Waals surface area contributed by atoms with Crippen molar-refractivity contribution in [2.45, 2.75) is 57.9 Å². The van der Waals surface area contributed by atoms with Crippen molar-refractivity contribution >= 4 is 11.9 Å². The molecular weight excluding hydrogens is 478 g/mol. The molecule has 37 heavy (non-hydrogen) atoms. The second kappa shape index (κ2) is 12.4. The number of hydrogen-bond acceptors (Lipinski definition) is 8. The van der Waals surface area contributed by atoms with Crippen LogP contribution in [-0.2, 0) is 16.0 Å². The molecule has 3 unspecified atom stereocenters. The summed E-state index contributed by atoms with van der Waals surface area (Å²) in [7, 11) is 0. The fraction of sp³-hybridized carbons (Fsp3) is 0.593. The van der Waals surface area contributed by atoms with Gasteiger partial charge in [0.1, 0.15) is 5.76 Å². The predicted octanol–water partition coefficient (Wildman–Crippen LogP) is 2.82. The maximum absolute atomic E-state index is 13.4. The van der Waals surface area contributed by atoms with Crippen LogP contribution in [0.2, 0.25) is 0 Å². The zero-order valence-electron chi connectivity index (χ0n) is 21.6. The summed E-state index contributed by atoms with van der Waals surface area (Å²) in [5, 5.41) is 19.7. The maximum atomic E-state index is 13.4. The minimum Gasteiger partial charge on any atom is -0.481 e. The predicted molar refractivity (Wildman–Crippen MR) is 135 cm³/mol. The van der Waals surface area contributed by atoms with E-state index in [0.29, 0.717) is 62.0 Å². The van der Waals surface area contributed by atoms with Crippen molar-refractivity contribution in [2.75, 3.05) is 39.6 Å². The van der Waals surface area contributed by atoms with Gasteiger partial charge in [-0.25, -0.2) is 4.98 Å². The van der Waals surface area contributed by atoms with E-state index in [1.165, 1.54) is 0 Å². The number of ether oxygens (including phenoxy) is 2. The van der Waals surface area contributed by atoms with E-state index < -0.39 is 11.9 Å². The Balaban J connectivity index is 1.58. The second-order valence-corrected chi connectivity index (χ2v) is 9.79. The number of aryl methyl sites for hydroxylation is 2. The number of aliphatic carboxylic acids is 1. The average molecular weight is 516 g/mol. The third kappa shape index (κ3) is 6.42. The van der Waals surface area contributed by atoms with Gasteiger partial charge in [-0.1, -0.05) is 19.4 Å². The van der Waals surface area contributed by atoms with Crippen molar-refractivity contribution in [3.63, 3.8) is 0 Å². The van der Waals surface area contributed by atoms with Crippen LogP contribution in [-0.4, -0.2) is 82.5 Å². The normalized spacial score (nSPS) is 20.9. The molecule has 1 saturated heterocycles. The van der Waals surface area contributed by atoms with Crippen LogP contribution in [0.1, 0.15) is 55.7 Å². The second-order valence-electron chi connectivity index (χ2n) is 9.79. The number of carbonyl (C=O) groups excluding carboxylic acids is 1. The number of carbonyl (C=O) groups is 2. The Hall–Kier alpha value is -3.11. The molecule has 0 radical (unpaired) electrons. The molecule has 1 fully saturated rings.